The minimum absolute atomic E-state index is 0.134. The van der Waals surface area contributed by atoms with Crippen molar-refractivity contribution in [3.05, 3.63) is 64.7 Å². The van der Waals surface area contributed by atoms with Crippen LogP contribution >= 0.6 is 0 Å². The van der Waals surface area contributed by atoms with E-state index in [4.69, 9.17) is 13.9 Å². The summed E-state index contributed by atoms with van der Waals surface area (Å²) < 4.78 is 15.8. The van der Waals surface area contributed by atoms with Crippen LogP contribution in [-0.2, 0) is 28.9 Å². The van der Waals surface area contributed by atoms with E-state index in [1.807, 2.05) is 24.3 Å². The number of ether oxygens (including phenoxy) is 2. The second-order valence-electron chi connectivity index (χ2n) is 6.34. The van der Waals surface area contributed by atoms with E-state index < -0.39 is 11.9 Å². The number of aromatic nitrogens is 1. The number of hydrogen-bond acceptors (Lipinski definition) is 6. The molecular formula is C21H19NO5. The Hall–Kier alpha value is -3.15. The van der Waals surface area contributed by atoms with E-state index in [1.54, 1.807) is 6.92 Å². The lowest BCUT2D eigenvalue weighted by Crippen LogP contribution is -2.12. The second kappa shape index (κ2) is 7.23. The average molecular weight is 365 g/mol. The molecule has 0 saturated carbocycles. The summed E-state index contributed by atoms with van der Waals surface area (Å²) >= 11 is 0. The van der Waals surface area contributed by atoms with Crippen molar-refractivity contribution in [2.45, 2.75) is 32.8 Å². The van der Waals surface area contributed by atoms with E-state index in [0.717, 1.165) is 41.4 Å². The molecule has 0 aliphatic heterocycles. The molecule has 1 aliphatic rings. The summed E-state index contributed by atoms with van der Waals surface area (Å²) in [5.41, 5.74) is 3.55. The molecule has 1 aliphatic carbocycles. The van der Waals surface area contributed by atoms with Crippen molar-refractivity contribution in [2.24, 2.45) is 0 Å². The highest BCUT2D eigenvalue weighted by molar-refractivity contribution is 6.05. The van der Waals surface area contributed by atoms with E-state index in [-0.39, 0.29) is 24.5 Å². The van der Waals surface area contributed by atoms with Crippen LogP contribution in [0.5, 0.6) is 0 Å². The molecule has 3 aromatic rings. The number of aryl methyl sites for hydroxylation is 1. The second-order valence-corrected chi connectivity index (χ2v) is 6.34. The third-order valence-corrected chi connectivity index (χ3v) is 4.70. The van der Waals surface area contributed by atoms with Gasteiger partial charge >= 0.3 is 11.9 Å². The van der Waals surface area contributed by atoms with Crippen molar-refractivity contribution in [3.8, 4) is 0 Å². The molecular weight excluding hydrogens is 346 g/mol. The molecule has 0 amide bonds. The van der Waals surface area contributed by atoms with E-state index in [2.05, 4.69) is 4.98 Å². The Labute approximate surface area is 156 Å². The van der Waals surface area contributed by atoms with Crippen LogP contribution in [0.15, 0.2) is 41.0 Å². The number of carbonyl (C=O) groups excluding carboxylic acids is 2. The Bertz CT molecular complexity index is 1020. The molecule has 0 radical (unpaired) electrons. The predicted molar refractivity (Wildman–Crippen MR) is 97.6 cm³/mol. The first-order valence-electron chi connectivity index (χ1n) is 9.00. The first-order chi connectivity index (χ1) is 13.2. The number of para-hydroxylation sites is 1. The lowest BCUT2D eigenvalue weighted by molar-refractivity contribution is 0.0423. The van der Waals surface area contributed by atoms with Gasteiger partial charge in [0.15, 0.2) is 12.4 Å². The number of benzene rings is 1. The minimum Gasteiger partial charge on any atom is -0.465 e. The molecule has 0 unspecified atom stereocenters. The summed E-state index contributed by atoms with van der Waals surface area (Å²) in [7, 11) is 0. The summed E-state index contributed by atoms with van der Waals surface area (Å²) in [6.07, 6.45) is 4.04. The fourth-order valence-corrected chi connectivity index (χ4v) is 3.49. The number of hydrogen-bond donors (Lipinski definition) is 0. The lowest BCUT2D eigenvalue weighted by Gasteiger charge is -2.12. The summed E-state index contributed by atoms with van der Waals surface area (Å²) in [6.45, 7) is 1.86. The molecule has 0 spiro atoms. The maximum absolute atomic E-state index is 12.9. The van der Waals surface area contributed by atoms with Gasteiger partial charge in [0, 0.05) is 11.1 Å². The average Bonchev–Trinajstić information content (AvgIpc) is 3.33. The van der Waals surface area contributed by atoms with Gasteiger partial charge in [0.2, 0.25) is 0 Å². The molecule has 27 heavy (non-hydrogen) atoms. The van der Waals surface area contributed by atoms with Crippen molar-refractivity contribution in [2.75, 3.05) is 6.61 Å². The van der Waals surface area contributed by atoms with Crippen molar-refractivity contribution in [3.63, 3.8) is 0 Å². The number of rotatable bonds is 5. The van der Waals surface area contributed by atoms with Crippen molar-refractivity contribution in [1.29, 1.82) is 0 Å². The standard InChI is InChI=1S/C21H19NO5/c1-2-25-20(23)15-10-11-26-18(15)12-27-21(24)19-13-6-3-4-8-16(13)22-17-9-5-7-14(17)19/h3-4,6,8,10-11H,2,5,7,9,12H2,1H3. The fourth-order valence-electron chi connectivity index (χ4n) is 3.49. The minimum atomic E-state index is -0.493. The lowest BCUT2D eigenvalue weighted by atomic mass is 10.0. The zero-order valence-corrected chi connectivity index (χ0v) is 15.0. The Morgan fingerprint density at radius 3 is 2.81 bits per heavy atom. The third kappa shape index (κ3) is 3.18. The predicted octanol–water partition coefficient (Wildman–Crippen LogP) is 3.85. The summed E-state index contributed by atoms with van der Waals surface area (Å²) in [5, 5.41) is 0.785. The topological polar surface area (TPSA) is 78.6 Å². The summed E-state index contributed by atoms with van der Waals surface area (Å²) in [5.74, 6) is -0.651. The normalized spacial score (nSPS) is 12.8. The highest BCUT2D eigenvalue weighted by Gasteiger charge is 2.25. The smallest absolute Gasteiger partial charge is 0.341 e. The van der Waals surface area contributed by atoms with Gasteiger partial charge < -0.3 is 13.9 Å². The van der Waals surface area contributed by atoms with Crippen LogP contribution in [-0.4, -0.2) is 23.5 Å². The molecule has 0 saturated heterocycles. The highest BCUT2D eigenvalue weighted by atomic mass is 16.5. The SMILES string of the molecule is CCOC(=O)c1ccoc1COC(=O)c1c2c(nc3ccccc13)CCC2. The maximum atomic E-state index is 12.9. The molecule has 0 fully saturated rings. The Balaban J connectivity index is 1.62. The molecule has 1 aromatic carbocycles. The van der Waals surface area contributed by atoms with Gasteiger partial charge in [-0.15, -0.1) is 0 Å². The molecule has 0 bridgehead atoms. The number of furan rings is 1. The molecule has 2 heterocycles. The fraction of sp³-hybridized carbons (Fsp3) is 0.286. The van der Waals surface area contributed by atoms with E-state index in [9.17, 15) is 9.59 Å². The molecule has 0 N–H and O–H groups in total. The van der Waals surface area contributed by atoms with Crippen LogP contribution < -0.4 is 0 Å². The van der Waals surface area contributed by atoms with Crippen LogP contribution in [0, 0.1) is 0 Å². The van der Waals surface area contributed by atoms with E-state index in [0.29, 0.717) is 5.56 Å². The Morgan fingerprint density at radius 2 is 1.96 bits per heavy atom. The summed E-state index contributed by atoms with van der Waals surface area (Å²) in [4.78, 5) is 29.5. The number of nitrogens with zero attached hydrogens (tertiary/aromatic N) is 1. The maximum Gasteiger partial charge on any atom is 0.341 e. The van der Waals surface area contributed by atoms with Crippen molar-refractivity contribution in [1.82, 2.24) is 4.98 Å². The number of carbonyl (C=O) groups is 2. The molecule has 6 nitrogen and oxygen atoms in total. The molecule has 2 aromatic heterocycles. The van der Waals surface area contributed by atoms with Crippen LogP contribution in [0.2, 0.25) is 0 Å². The number of esters is 2. The van der Waals surface area contributed by atoms with Crippen LogP contribution in [0.3, 0.4) is 0 Å². The highest BCUT2D eigenvalue weighted by Crippen LogP contribution is 2.30. The zero-order valence-electron chi connectivity index (χ0n) is 15.0. The molecule has 4 rings (SSSR count). The first kappa shape index (κ1) is 17.3. The molecule has 138 valence electrons. The first-order valence-corrected chi connectivity index (χ1v) is 9.00. The van der Waals surface area contributed by atoms with Crippen molar-refractivity contribution < 1.29 is 23.5 Å². The van der Waals surface area contributed by atoms with Gasteiger partial charge in [0.25, 0.3) is 0 Å². The largest absolute Gasteiger partial charge is 0.465 e. The van der Waals surface area contributed by atoms with Gasteiger partial charge in [-0.3, -0.25) is 4.98 Å². The van der Waals surface area contributed by atoms with Gasteiger partial charge in [-0.25, -0.2) is 9.59 Å². The van der Waals surface area contributed by atoms with Crippen LogP contribution in [0.4, 0.5) is 0 Å². The number of fused-ring (bicyclic) bond motifs is 2. The molecule has 0 atom stereocenters. The summed E-state index contributed by atoms with van der Waals surface area (Å²) in [6, 6.07) is 9.08. The van der Waals surface area contributed by atoms with Gasteiger partial charge in [0.05, 0.1) is 24.0 Å². The number of pyridine rings is 1. The van der Waals surface area contributed by atoms with E-state index >= 15 is 0 Å². The van der Waals surface area contributed by atoms with Gasteiger partial charge in [0.1, 0.15) is 5.56 Å². The van der Waals surface area contributed by atoms with Gasteiger partial charge in [-0.05, 0) is 43.9 Å². The quantitative estimate of drug-likeness (QED) is 0.639. The van der Waals surface area contributed by atoms with Crippen LogP contribution in [0.25, 0.3) is 10.9 Å². The third-order valence-electron chi connectivity index (χ3n) is 4.70. The van der Waals surface area contributed by atoms with Crippen molar-refractivity contribution >= 4 is 22.8 Å². The van der Waals surface area contributed by atoms with E-state index in [1.165, 1.54) is 12.3 Å². The van der Waals surface area contributed by atoms with Crippen LogP contribution in [0.1, 0.15) is 51.1 Å². The van der Waals surface area contributed by atoms with Gasteiger partial charge in [-0.2, -0.15) is 0 Å². The van der Waals surface area contributed by atoms with Gasteiger partial charge in [-0.1, -0.05) is 18.2 Å². The molecule has 6 heteroatoms. The monoisotopic (exact) mass is 365 g/mol. The Morgan fingerprint density at radius 1 is 1.11 bits per heavy atom. The Kier molecular flexibility index (Phi) is 4.62. The zero-order chi connectivity index (χ0) is 18.8.